The zero-order valence-corrected chi connectivity index (χ0v) is 62.9. The number of unbranched alkanes of at least 4 members (excludes halogenated alkanes) is 3. The van der Waals surface area contributed by atoms with Gasteiger partial charge in [-0.2, -0.15) is 4.58 Å². The number of aliphatic carboxylic acids is 2. The van der Waals surface area contributed by atoms with Gasteiger partial charge in [-0.25, -0.2) is 9.59 Å². The van der Waals surface area contributed by atoms with Crippen LogP contribution in [0.25, 0.3) is 0 Å². The summed E-state index contributed by atoms with van der Waals surface area (Å²) in [6.07, 6.45) is 20.2. The lowest BCUT2D eigenvalue weighted by atomic mass is 9.81. The highest BCUT2D eigenvalue weighted by Gasteiger charge is 2.44. The van der Waals surface area contributed by atoms with E-state index in [4.69, 9.17) is 21.3 Å². The normalized spacial score (nSPS) is 16.2. The number of aliphatic imine (C=N–C) groups is 1. The number of allylic oxidation sites excluding steroid dienone is 7. The maximum Gasteiger partial charge on any atom is 0.326 e. The van der Waals surface area contributed by atoms with Gasteiger partial charge >= 0.3 is 18.0 Å². The van der Waals surface area contributed by atoms with Crippen molar-refractivity contribution in [2.24, 2.45) is 22.4 Å². The molecule has 7 rings (SSSR count). The number of hydrogen-bond acceptors (Lipinski definition) is 12. The molecule has 0 fully saturated rings. The van der Waals surface area contributed by atoms with Crippen LogP contribution in [0.3, 0.4) is 0 Å². The van der Waals surface area contributed by atoms with Gasteiger partial charge in [0.25, 0.3) is 0 Å². The number of para-hydroxylation sites is 2. The van der Waals surface area contributed by atoms with Gasteiger partial charge in [-0.05, 0) is 170 Å². The molecule has 10 N–H and O–H groups in total. The van der Waals surface area contributed by atoms with Crippen molar-refractivity contribution in [2.75, 3.05) is 77.9 Å². The van der Waals surface area contributed by atoms with E-state index in [1.165, 1.54) is 40.3 Å². The van der Waals surface area contributed by atoms with Crippen molar-refractivity contribution in [3.63, 3.8) is 0 Å². The van der Waals surface area contributed by atoms with Gasteiger partial charge in [-0.1, -0.05) is 125 Å². The van der Waals surface area contributed by atoms with Gasteiger partial charge in [0.15, 0.2) is 17.5 Å². The number of urea groups is 1. The predicted octanol–water partition coefficient (Wildman–Crippen LogP) is 11.7. The van der Waals surface area contributed by atoms with Crippen molar-refractivity contribution in [3.05, 3.63) is 172 Å². The fourth-order valence-electron chi connectivity index (χ4n) is 14.0. The fourth-order valence-corrected chi connectivity index (χ4v) is 14.0. The van der Waals surface area contributed by atoms with E-state index in [-0.39, 0.29) is 85.4 Å². The van der Waals surface area contributed by atoms with Crippen molar-refractivity contribution < 1.29 is 53.1 Å². The van der Waals surface area contributed by atoms with E-state index in [1.54, 1.807) is 0 Å². The van der Waals surface area contributed by atoms with Crippen LogP contribution in [-0.4, -0.2) is 163 Å². The second-order valence-electron chi connectivity index (χ2n) is 29.1. The fraction of sp³-hybridized carbons (Fsp3) is 0.506. The first-order valence-corrected chi connectivity index (χ1v) is 37.7. The van der Waals surface area contributed by atoms with Crippen molar-refractivity contribution >= 4 is 64.4 Å². The highest BCUT2D eigenvalue weighted by molar-refractivity contribution is 6.03. The van der Waals surface area contributed by atoms with Crippen molar-refractivity contribution in [1.29, 1.82) is 0 Å². The zero-order chi connectivity index (χ0) is 75.2. The maximum atomic E-state index is 14.5. The Balaban J connectivity index is 0.972. The van der Waals surface area contributed by atoms with E-state index in [9.17, 15) is 38.7 Å². The smallest absolute Gasteiger partial charge is 0.326 e. The maximum absolute atomic E-state index is 14.5. The monoisotopic (exact) mass is 1430 g/mol. The molecule has 2 heterocycles. The Morgan fingerprint density at radius 1 is 0.673 bits per heavy atom. The van der Waals surface area contributed by atoms with Crippen LogP contribution in [0.1, 0.15) is 179 Å². The summed E-state index contributed by atoms with van der Waals surface area (Å²) in [6, 6.07) is 32.3. The third-order valence-corrected chi connectivity index (χ3v) is 20.1. The molecule has 2 aliphatic heterocycles. The summed E-state index contributed by atoms with van der Waals surface area (Å²) in [6.45, 7) is 18.9. The number of hydrogen-bond donors (Lipinski definition) is 8. The summed E-state index contributed by atoms with van der Waals surface area (Å²) < 4.78 is 9.67. The molecule has 0 aromatic heterocycles. The Labute approximate surface area is 616 Å². The minimum atomic E-state index is -1.34. The number of nitrogens with zero attached hydrogens (tertiary/aromatic N) is 5. The Kier molecular flexibility index (Phi) is 32.6. The Bertz CT molecular complexity index is 3740. The molecule has 3 aliphatic rings. The van der Waals surface area contributed by atoms with E-state index in [0.29, 0.717) is 71.2 Å². The number of Topliss-reactive ketones (excluding diaryl/α,β-unsaturated/α-hetero) is 2. The van der Waals surface area contributed by atoms with Gasteiger partial charge in [-0.3, -0.25) is 29.0 Å². The summed E-state index contributed by atoms with van der Waals surface area (Å²) in [5.41, 5.74) is 23.0. The molecule has 1 aliphatic carbocycles. The Morgan fingerprint density at radius 3 is 2.08 bits per heavy atom. The number of benzene rings is 4. The van der Waals surface area contributed by atoms with Crippen LogP contribution in [0.5, 0.6) is 5.75 Å². The number of nitrogens with one attached hydrogen (secondary N) is 4. The van der Waals surface area contributed by atoms with Gasteiger partial charge in [0, 0.05) is 125 Å². The number of fused-ring (bicyclic) bond motifs is 2. The molecule has 0 saturated carbocycles. The van der Waals surface area contributed by atoms with Crippen LogP contribution in [0.4, 0.5) is 16.2 Å². The molecule has 21 heteroatoms. The quantitative estimate of drug-likeness (QED) is 0.00883. The molecule has 104 heavy (non-hydrogen) atoms. The second kappa shape index (κ2) is 41.3. The first-order valence-electron chi connectivity index (χ1n) is 37.7. The number of ether oxygens (including phenoxy) is 1. The first kappa shape index (κ1) is 82.1. The van der Waals surface area contributed by atoms with Crippen LogP contribution in [0.15, 0.2) is 155 Å². The van der Waals surface area contributed by atoms with E-state index >= 15 is 0 Å². The Hall–Kier alpha value is -9.21. The minimum absolute atomic E-state index is 0.0336. The number of ketones is 2. The number of rotatable bonds is 45. The highest BCUT2D eigenvalue weighted by Crippen LogP contribution is 2.48. The van der Waals surface area contributed by atoms with Crippen LogP contribution in [0, 0.1) is 5.92 Å². The second-order valence-corrected chi connectivity index (χ2v) is 29.1. The number of anilines is 1. The van der Waals surface area contributed by atoms with Crippen LogP contribution in [-0.2, 0) is 52.4 Å². The highest BCUT2D eigenvalue weighted by atomic mass is 16.5. The van der Waals surface area contributed by atoms with E-state index in [2.05, 4.69) is 155 Å². The molecule has 0 bridgehead atoms. The van der Waals surface area contributed by atoms with E-state index in [0.717, 1.165) is 91.8 Å². The first-order chi connectivity index (χ1) is 49.9. The summed E-state index contributed by atoms with van der Waals surface area (Å²) in [5, 5.41) is 29.0. The molecule has 4 amide bonds. The molecular formula is C83H116N11O10+. The average Bonchev–Trinajstić information content (AvgIpc) is 1.60. The lowest BCUT2D eigenvalue weighted by molar-refractivity contribution is -0.438. The van der Waals surface area contributed by atoms with Crippen molar-refractivity contribution in [1.82, 2.24) is 31.1 Å². The van der Waals surface area contributed by atoms with Gasteiger partial charge in [-0.15, -0.1) is 0 Å². The average molecular weight is 1430 g/mol. The number of carboxylic acids is 2. The molecule has 21 nitrogen and oxygen atoms in total. The SMILES string of the molecule is CCCCC[N+]1=C(/C=C/C2=C(Oc3ccc(CCNC(=O)[C@H](CCCN=C(N)N)CC(=O)[C@H](Cc4ccccc4)NC(=O)CCN(C)CCN(C)CCCC(=O)CCCNC(=O)N[C@H](CCC(=O)O)C(=O)O)cc3)C(=C/C=C3/N(CCCC)c4ccccc4C3(C)C)/CCC2)C(C)(C)c2ccccc21. The molecular weight excluding hydrogens is 1310 g/mol. The van der Waals surface area contributed by atoms with Crippen molar-refractivity contribution in [2.45, 2.75) is 193 Å². The number of nitrogens with two attached hydrogens (primary N) is 2. The van der Waals surface area contributed by atoms with Gasteiger partial charge in [0.2, 0.25) is 17.5 Å². The van der Waals surface area contributed by atoms with E-state index < -0.39 is 42.4 Å². The minimum Gasteiger partial charge on any atom is -0.481 e. The van der Waals surface area contributed by atoms with E-state index in [1.807, 2.05) is 73.6 Å². The standard InChI is InChI=1S/C83H115N11O10/c1-9-11-20-53-94-71-35-19-17-33-67(71)83(5,6)74(94)44-39-62-28-21-27-61(38-43-73-82(3,4)66-32-16-18-34-70(66)93(73)52-12-10-2)77(62)104-65-40-36-59(37-41-65)46-50-86-78(100)63(29-22-48-87-80(84)85)58-72(96)69(57-60-25-14-13-15-26-60)89-75(97)47-54-92(8)56-55-91(7)51-24-31-64(95)30-23-49-88-81(103)90-68(79(101)102)42-45-76(98)99/h13-19,25-26,32-41,43-44,63,68-69H,9-12,20-24,27-31,42,45-58H2,1-8H3,(H9-,84,85,86,87,88,89,90,97,98,99,100,101,102,103)/p+1/t63-,68-,69+/m1/s1. The third-order valence-electron chi connectivity index (χ3n) is 20.1. The third kappa shape index (κ3) is 25.0. The summed E-state index contributed by atoms with van der Waals surface area (Å²) in [7, 11) is 3.88. The summed E-state index contributed by atoms with van der Waals surface area (Å²) in [5.74, 6) is -2.46. The molecule has 4 aromatic rings. The molecule has 562 valence electrons. The Morgan fingerprint density at radius 2 is 1.37 bits per heavy atom. The zero-order valence-electron chi connectivity index (χ0n) is 62.9. The van der Waals surface area contributed by atoms with Gasteiger partial charge < -0.3 is 62.4 Å². The lowest BCUT2D eigenvalue weighted by Crippen LogP contribution is -2.46. The molecule has 0 unspecified atom stereocenters. The number of carbonyl (C=O) groups excluding carboxylic acids is 5. The van der Waals surface area contributed by atoms with Crippen molar-refractivity contribution in [3.8, 4) is 5.75 Å². The van der Waals surface area contributed by atoms with Crippen LogP contribution >= 0.6 is 0 Å². The summed E-state index contributed by atoms with van der Waals surface area (Å²) in [4.78, 5) is 100. The summed E-state index contributed by atoms with van der Waals surface area (Å²) >= 11 is 0. The molecule has 0 spiro atoms. The molecule has 0 saturated heterocycles. The number of guanidine groups is 1. The van der Waals surface area contributed by atoms with Crippen LogP contribution < -0.4 is 42.4 Å². The molecule has 0 radical (unpaired) electrons. The topological polar surface area (TPSA) is 294 Å². The largest absolute Gasteiger partial charge is 0.481 e. The van der Waals surface area contributed by atoms with Gasteiger partial charge in [0.1, 0.15) is 29.9 Å². The predicted molar refractivity (Wildman–Crippen MR) is 413 cm³/mol. The number of carboxylic acid groups (broad SMARTS) is 2. The number of likely N-dealkylation sites (N-methyl/N-ethyl adjacent to an activating group) is 2. The van der Waals surface area contributed by atoms with Crippen LogP contribution in [0.2, 0.25) is 0 Å². The number of carbonyl (C=O) groups is 7. The van der Waals surface area contributed by atoms with Gasteiger partial charge in [0.05, 0.1) is 11.5 Å². The molecule has 4 aromatic carbocycles. The molecule has 3 atom stereocenters. The number of amides is 4. The lowest BCUT2D eigenvalue weighted by Gasteiger charge is -2.27.